The maximum Gasteiger partial charge on any atom is 0.142 e. The first-order chi connectivity index (χ1) is 15.6. The maximum absolute atomic E-state index is 14.0. The van der Waals surface area contributed by atoms with Gasteiger partial charge in [-0.25, -0.2) is 4.39 Å². The van der Waals surface area contributed by atoms with Crippen LogP contribution in [0.5, 0.6) is 0 Å². The van der Waals surface area contributed by atoms with Gasteiger partial charge in [-0.05, 0) is 84.9 Å². The van der Waals surface area contributed by atoms with Gasteiger partial charge in [-0.3, -0.25) is 0 Å². The second kappa shape index (κ2) is 11.1. The van der Waals surface area contributed by atoms with Crippen LogP contribution in [0.25, 0.3) is 11.1 Å². The lowest BCUT2D eigenvalue weighted by Gasteiger charge is -2.26. The highest BCUT2D eigenvalue weighted by atomic mass is 35.5. The van der Waals surface area contributed by atoms with Gasteiger partial charge in [0.2, 0.25) is 0 Å². The fourth-order valence-electron chi connectivity index (χ4n) is 4.38. The maximum atomic E-state index is 14.0. The van der Waals surface area contributed by atoms with Gasteiger partial charge in [0.05, 0.1) is 24.5 Å². The summed E-state index contributed by atoms with van der Waals surface area (Å²) >= 11 is 5.87. The van der Waals surface area contributed by atoms with Gasteiger partial charge in [0, 0.05) is 12.5 Å². The van der Waals surface area contributed by atoms with Crippen LogP contribution in [0.3, 0.4) is 0 Å². The number of hydrogen-bond donors (Lipinski definition) is 0. The molecule has 1 aromatic heterocycles. The molecule has 0 radical (unpaired) electrons. The number of ether oxygens (including phenoxy) is 1. The molecule has 0 bridgehead atoms. The van der Waals surface area contributed by atoms with E-state index in [0.717, 1.165) is 35.4 Å². The highest BCUT2D eigenvalue weighted by Crippen LogP contribution is 2.29. The van der Waals surface area contributed by atoms with Crippen molar-refractivity contribution in [1.82, 2.24) is 4.90 Å². The van der Waals surface area contributed by atoms with E-state index in [1.165, 1.54) is 44.0 Å². The van der Waals surface area contributed by atoms with E-state index in [1.807, 2.05) is 24.3 Å². The highest BCUT2D eigenvalue weighted by Gasteiger charge is 2.15. The Bertz CT molecular complexity index is 999. The van der Waals surface area contributed by atoms with E-state index in [9.17, 15) is 4.39 Å². The lowest BCUT2D eigenvalue weighted by molar-refractivity contribution is 0.0859. The molecule has 3 aromatic rings. The summed E-state index contributed by atoms with van der Waals surface area (Å²) in [5.74, 6) is 0.834. The number of hydrogen-bond acceptors (Lipinski definition) is 3. The average molecular weight is 456 g/mol. The summed E-state index contributed by atoms with van der Waals surface area (Å²) in [5, 5.41) is 0.138. The molecule has 170 valence electrons. The number of halogens is 2. The monoisotopic (exact) mass is 455 g/mol. The fraction of sp³-hybridized carbons (Fsp3) is 0.407. The van der Waals surface area contributed by atoms with Crippen molar-refractivity contribution >= 4 is 11.6 Å². The first-order valence-corrected chi connectivity index (χ1v) is 11.9. The average Bonchev–Trinajstić information content (AvgIpc) is 3.35. The van der Waals surface area contributed by atoms with Crippen LogP contribution >= 0.6 is 11.6 Å². The Hall–Kier alpha value is -2.14. The number of piperidine rings is 1. The zero-order valence-corrected chi connectivity index (χ0v) is 19.4. The molecule has 1 unspecified atom stereocenters. The largest absolute Gasteiger partial charge is 0.469 e. The number of rotatable bonds is 9. The van der Waals surface area contributed by atoms with Crippen molar-refractivity contribution in [2.24, 2.45) is 0 Å². The Morgan fingerprint density at radius 3 is 2.56 bits per heavy atom. The zero-order chi connectivity index (χ0) is 22.3. The number of nitrogens with zero attached hydrogens (tertiary/aromatic N) is 1. The highest BCUT2D eigenvalue weighted by molar-refractivity contribution is 6.30. The third-order valence-corrected chi connectivity index (χ3v) is 6.58. The molecule has 32 heavy (non-hydrogen) atoms. The number of furan rings is 1. The van der Waals surface area contributed by atoms with Crippen LogP contribution in [0.4, 0.5) is 4.39 Å². The van der Waals surface area contributed by atoms with E-state index in [1.54, 1.807) is 12.3 Å². The van der Waals surface area contributed by atoms with Gasteiger partial charge in [0.1, 0.15) is 11.6 Å². The van der Waals surface area contributed by atoms with Crippen LogP contribution in [0, 0.1) is 5.82 Å². The number of likely N-dealkylation sites (tertiary alicyclic amines) is 1. The van der Waals surface area contributed by atoms with Crippen molar-refractivity contribution in [2.45, 2.75) is 45.1 Å². The van der Waals surface area contributed by atoms with Gasteiger partial charge in [-0.2, -0.15) is 0 Å². The summed E-state index contributed by atoms with van der Waals surface area (Å²) in [6.07, 6.45) is 6.48. The minimum Gasteiger partial charge on any atom is -0.469 e. The Morgan fingerprint density at radius 1 is 1.03 bits per heavy atom. The van der Waals surface area contributed by atoms with Crippen molar-refractivity contribution < 1.29 is 13.5 Å². The molecule has 1 atom stereocenters. The van der Waals surface area contributed by atoms with E-state index >= 15 is 0 Å². The van der Waals surface area contributed by atoms with Crippen molar-refractivity contribution in [1.29, 1.82) is 0 Å². The summed E-state index contributed by atoms with van der Waals surface area (Å²) < 4.78 is 25.7. The topological polar surface area (TPSA) is 25.6 Å². The summed E-state index contributed by atoms with van der Waals surface area (Å²) in [6, 6.07) is 15.2. The Balaban J connectivity index is 1.49. The van der Waals surface area contributed by atoms with Crippen LogP contribution in [0.2, 0.25) is 5.02 Å². The van der Waals surface area contributed by atoms with E-state index in [2.05, 4.69) is 24.0 Å². The van der Waals surface area contributed by atoms with Gasteiger partial charge < -0.3 is 14.1 Å². The summed E-state index contributed by atoms with van der Waals surface area (Å²) in [6.45, 7) is 6.74. The summed E-state index contributed by atoms with van der Waals surface area (Å²) in [4.78, 5) is 2.48. The van der Waals surface area contributed by atoms with Crippen LogP contribution < -0.4 is 0 Å². The minimum absolute atomic E-state index is 0.138. The third-order valence-electron chi connectivity index (χ3n) is 6.27. The van der Waals surface area contributed by atoms with E-state index in [-0.39, 0.29) is 10.9 Å². The lowest BCUT2D eigenvalue weighted by Crippen LogP contribution is -2.32. The van der Waals surface area contributed by atoms with Gasteiger partial charge in [0.25, 0.3) is 0 Å². The third kappa shape index (κ3) is 6.00. The molecule has 1 saturated heterocycles. The normalized spacial score (nSPS) is 15.7. The van der Waals surface area contributed by atoms with Crippen LogP contribution in [-0.4, -0.2) is 31.1 Å². The molecule has 4 rings (SSSR count). The molecule has 1 aliphatic rings. The minimum atomic E-state index is -0.404. The molecule has 2 heterocycles. The molecule has 5 heteroatoms. The molecule has 0 amide bonds. The van der Waals surface area contributed by atoms with Gasteiger partial charge >= 0.3 is 0 Å². The fourth-order valence-corrected chi connectivity index (χ4v) is 4.49. The van der Waals surface area contributed by atoms with Crippen LogP contribution in [0.15, 0.2) is 59.2 Å². The van der Waals surface area contributed by atoms with E-state index < -0.39 is 5.82 Å². The van der Waals surface area contributed by atoms with Crippen molar-refractivity contribution in [3.8, 4) is 11.1 Å². The second-order valence-electron chi connectivity index (χ2n) is 8.69. The summed E-state index contributed by atoms with van der Waals surface area (Å²) in [5.41, 5.74) is 4.14. The predicted octanol–water partition coefficient (Wildman–Crippen LogP) is 7.09. The van der Waals surface area contributed by atoms with Gasteiger partial charge in [-0.15, -0.1) is 0 Å². The van der Waals surface area contributed by atoms with Gasteiger partial charge in [-0.1, -0.05) is 43.1 Å². The van der Waals surface area contributed by atoms with Crippen molar-refractivity contribution in [3.63, 3.8) is 0 Å². The molecule has 1 aliphatic heterocycles. The van der Waals surface area contributed by atoms with E-state index in [4.69, 9.17) is 20.8 Å². The van der Waals surface area contributed by atoms with Crippen molar-refractivity contribution in [3.05, 3.63) is 82.5 Å². The Kier molecular flexibility index (Phi) is 8.01. The molecule has 3 nitrogen and oxygen atoms in total. The van der Waals surface area contributed by atoms with Crippen LogP contribution in [-0.2, 0) is 17.8 Å². The Morgan fingerprint density at radius 2 is 1.81 bits per heavy atom. The molecular weight excluding hydrogens is 425 g/mol. The molecule has 2 aromatic carbocycles. The van der Waals surface area contributed by atoms with Gasteiger partial charge in [0.15, 0.2) is 0 Å². The molecule has 0 N–H and O–H groups in total. The smallest absolute Gasteiger partial charge is 0.142 e. The standard InChI is InChI=1S/C27H31ClFNO2/c1-20(27-6-5-14-32-27)16-21-7-8-22(23-9-10-25(28)26(29)18-23)17-24(21)19-31-15-13-30-11-3-2-4-12-30/h5-10,14,17-18,20H,2-4,11-13,15-16,19H2,1H3. The quantitative estimate of drug-likeness (QED) is 0.322. The zero-order valence-electron chi connectivity index (χ0n) is 18.7. The summed E-state index contributed by atoms with van der Waals surface area (Å²) in [7, 11) is 0. The van der Waals surface area contributed by atoms with Crippen LogP contribution in [0.1, 0.15) is 49.0 Å². The van der Waals surface area contributed by atoms with Crippen molar-refractivity contribution in [2.75, 3.05) is 26.2 Å². The molecule has 1 fully saturated rings. The van der Waals surface area contributed by atoms with E-state index in [0.29, 0.717) is 13.2 Å². The SMILES string of the molecule is CC(Cc1ccc(-c2ccc(Cl)c(F)c2)cc1COCCN1CCCCC1)c1ccco1. The first-order valence-electron chi connectivity index (χ1n) is 11.5. The molecule has 0 saturated carbocycles. The predicted molar refractivity (Wildman–Crippen MR) is 128 cm³/mol. The molecule has 0 aliphatic carbocycles. The lowest BCUT2D eigenvalue weighted by atomic mass is 9.92. The molecule has 0 spiro atoms. The molecular formula is C27H31ClFNO2. The Labute approximate surface area is 195 Å². The number of benzene rings is 2. The first kappa shape index (κ1) is 23.0. The second-order valence-corrected chi connectivity index (χ2v) is 9.10.